The monoisotopic (exact) mass is 272 g/mol. The summed E-state index contributed by atoms with van der Waals surface area (Å²) in [4.78, 5) is 0. The molecule has 0 aliphatic carbocycles. The third-order valence-corrected chi connectivity index (χ3v) is 2.33. The molecule has 0 atom stereocenters. The third kappa shape index (κ3) is 17.8. The predicted molar refractivity (Wildman–Crippen MR) is 66.0 cm³/mol. The summed E-state index contributed by atoms with van der Waals surface area (Å²) in [7, 11) is -1.08. The van der Waals surface area contributed by atoms with Crippen molar-refractivity contribution in [1.82, 2.24) is 0 Å². The topological polar surface area (TPSA) is 0 Å². The molecule has 0 spiro atoms. The van der Waals surface area contributed by atoms with Crippen LogP contribution < -0.4 is 0 Å². The molecule has 0 aromatic carbocycles. The standard InChI is InChI=1S/C6H11Si.C4H3S.CH3.Cu/c1-5-6-7(2,3)4;1-2-4-5-3-1;;/h1H2,2-4H3;1-3H;1H3;/q3*-1;+2. The summed E-state index contributed by atoms with van der Waals surface area (Å²) in [5, 5.41) is 4.89. The van der Waals surface area contributed by atoms with Crippen LogP contribution in [-0.2, 0) is 17.1 Å². The van der Waals surface area contributed by atoms with Gasteiger partial charge in [0.2, 0.25) is 0 Å². The van der Waals surface area contributed by atoms with Crippen LogP contribution in [0.5, 0.6) is 0 Å². The van der Waals surface area contributed by atoms with E-state index >= 15 is 0 Å². The van der Waals surface area contributed by atoms with Crippen LogP contribution in [0.4, 0.5) is 0 Å². The molecule has 0 aliphatic rings. The minimum atomic E-state index is -1.08. The Kier molecular flexibility index (Phi) is 15.2. The van der Waals surface area contributed by atoms with Crippen molar-refractivity contribution >= 4 is 19.4 Å². The number of hydrogen-bond acceptors (Lipinski definition) is 1. The van der Waals surface area contributed by atoms with Crippen LogP contribution >= 0.6 is 11.3 Å². The molecule has 0 saturated heterocycles. The average molecular weight is 273 g/mol. The molecular weight excluding hydrogens is 256 g/mol. The van der Waals surface area contributed by atoms with Crippen LogP contribution in [0.3, 0.4) is 0 Å². The molecule has 0 nitrogen and oxygen atoms in total. The van der Waals surface area contributed by atoms with Crippen LogP contribution in [0.25, 0.3) is 0 Å². The predicted octanol–water partition coefficient (Wildman–Crippen LogP) is 3.70. The van der Waals surface area contributed by atoms with Crippen LogP contribution in [0.15, 0.2) is 17.5 Å². The van der Waals surface area contributed by atoms with Crippen molar-refractivity contribution in [2.75, 3.05) is 0 Å². The Bertz CT molecular complexity index is 221. The second-order valence-corrected chi connectivity index (χ2v) is 8.78. The van der Waals surface area contributed by atoms with Gasteiger partial charge in [0.1, 0.15) is 0 Å². The maximum atomic E-state index is 3.44. The van der Waals surface area contributed by atoms with Gasteiger partial charge in [-0.05, 0) is 0 Å². The van der Waals surface area contributed by atoms with E-state index in [-0.39, 0.29) is 24.5 Å². The molecule has 1 radical (unpaired) electrons. The first-order valence-electron chi connectivity index (χ1n) is 3.75. The fraction of sp³-hybridized carbons (Fsp3) is 0.273. The fourth-order valence-corrected chi connectivity index (χ4v) is 1.38. The van der Waals surface area contributed by atoms with Crippen molar-refractivity contribution in [3.63, 3.8) is 0 Å². The molecule has 1 heterocycles. The first-order valence-corrected chi connectivity index (χ1v) is 8.13. The zero-order valence-corrected chi connectivity index (χ0v) is 11.9. The molecule has 0 bridgehead atoms. The smallest absolute Gasteiger partial charge is 0.358 e. The van der Waals surface area contributed by atoms with E-state index in [1.165, 1.54) is 0 Å². The van der Waals surface area contributed by atoms with E-state index in [9.17, 15) is 0 Å². The molecule has 1 aromatic heterocycles. The first kappa shape index (κ1) is 19.4. The van der Waals surface area contributed by atoms with Crippen LogP contribution in [0, 0.1) is 31.2 Å². The Morgan fingerprint density at radius 2 is 1.93 bits per heavy atom. The second kappa shape index (κ2) is 10.9. The van der Waals surface area contributed by atoms with Crippen LogP contribution in [0.1, 0.15) is 0 Å². The summed E-state index contributed by atoms with van der Waals surface area (Å²) in [5.74, 6) is 2.67. The summed E-state index contributed by atoms with van der Waals surface area (Å²) < 4.78 is 0. The van der Waals surface area contributed by atoms with Crippen molar-refractivity contribution in [3.8, 4) is 11.5 Å². The van der Waals surface area contributed by atoms with Gasteiger partial charge in [-0.1, -0.05) is 19.6 Å². The Morgan fingerprint density at radius 1 is 1.36 bits per heavy atom. The quantitative estimate of drug-likeness (QED) is 0.384. The summed E-state index contributed by atoms with van der Waals surface area (Å²) in [6.45, 7) is 10.0. The number of hydrogen-bond donors (Lipinski definition) is 0. The molecule has 1 rings (SSSR count). The van der Waals surface area contributed by atoms with Gasteiger partial charge in [-0.3, -0.25) is 5.92 Å². The van der Waals surface area contributed by atoms with Gasteiger partial charge in [-0.2, -0.15) is 18.4 Å². The van der Waals surface area contributed by atoms with E-state index in [0.717, 1.165) is 0 Å². The van der Waals surface area contributed by atoms with Gasteiger partial charge in [-0.25, -0.2) is 6.07 Å². The molecule has 0 unspecified atom stereocenters. The second-order valence-electron chi connectivity index (χ2n) is 3.28. The van der Waals surface area contributed by atoms with Gasteiger partial charge < -0.3 is 24.3 Å². The van der Waals surface area contributed by atoms with Crippen molar-refractivity contribution in [1.29, 1.82) is 0 Å². The maximum absolute atomic E-state index is 3.44. The maximum Gasteiger partial charge on any atom is 2.00 e. The van der Waals surface area contributed by atoms with Crippen molar-refractivity contribution in [2.45, 2.75) is 19.6 Å². The van der Waals surface area contributed by atoms with Crippen LogP contribution in [-0.4, -0.2) is 8.07 Å². The molecule has 3 heteroatoms. The minimum Gasteiger partial charge on any atom is -0.358 e. The van der Waals surface area contributed by atoms with E-state index in [2.05, 4.69) is 43.4 Å². The zero-order valence-electron chi connectivity index (χ0n) is 9.15. The summed E-state index contributed by atoms with van der Waals surface area (Å²) in [6.07, 6.45) is 0. The van der Waals surface area contributed by atoms with E-state index < -0.39 is 8.07 Å². The van der Waals surface area contributed by atoms with Crippen molar-refractivity contribution < 1.29 is 17.1 Å². The van der Waals surface area contributed by atoms with Crippen LogP contribution in [0.2, 0.25) is 19.6 Å². The third-order valence-electron chi connectivity index (χ3n) is 0.842. The minimum absolute atomic E-state index is 0. The molecule has 0 N–H and O–H groups in total. The van der Waals surface area contributed by atoms with Gasteiger partial charge in [0.15, 0.2) is 0 Å². The number of rotatable bonds is 0. The zero-order chi connectivity index (χ0) is 9.45. The van der Waals surface area contributed by atoms with Crippen molar-refractivity contribution in [2.24, 2.45) is 0 Å². The fourth-order valence-electron chi connectivity index (χ4n) is 0.462. The van der Waals surface area contributed by atoms with Gasteiger partial charge in [0.25, 0.3) is 0 Å². The molecule has 0 fully saturated rings. The molecular formula is C11H17CuSSi-. The van der Waals surface area contributed by atoms with Gasteiger partial charge in [0, 0.05) is 8.07 Å². The molecule has 0 saturated carbocycles. The van der Waals surface area contributed by atoms with Gasteiger partial charge in [-0.15, -0.1) is 5.38 Å². The van der Waals surface area contributed by atoms with E-state index in [0.29, 0.717) is 0 Å². The van der Waals surface area contributed by atoms with E-state index in [1.807, 2.05) is 17.5 Å². The summed E-state index contributed by atoms with van der Waals surface area (Å²) in [5.41, 5.74) is 3.06. The Morgan fingerprint density at radius 3 is 2.00 bits per heavy atom. The Balaban J connectivity index is -0.000000155. The molecule has 0 amide bonds. The largest absolute Gasteiger partial charge is 2.00 e. The molecule has 0 aliphatic heterocycles. The summed E-state index contributed by atoms with van der Waals surface area (Å²) >= 11 is 1.59. The first-order chi connectivity index (χ1) is 5.56. The summed E-state index contributed by atoms with van der Waals surface area (Å²) in [6, 6.07) is 3.86. The Labute approximate surface area is 105 Å². The average Bonchev–Trinajstić information content (AvgIpc) is 2.38. The molecule has 14 heavy (non-hydrogen) atoms. The van der Waals surface area contributed by atoms with Gasteiger partial charge >= 0.3 is 17.1 Å². The SMILES string of the molecule is [CH2-]C#C[Si](C)(C)C.[CH3-].[Cu+2].[c-]1cccs1. The van der Waals surface area contributed by atoms with E-state index in [4.69, 9.17) is 0 Å². The molecule has 1 aromatic rings. The number of thiophene rings is 1. The Hall–Kier alpha value is -0.134. The molecule has 83 valence electrons. The van der Waals surface area contributed by atoms with Gasteiger partial charge in [0.05, 0.1) is 0 Å². The van der Waals surface area contributed by atoms with E-state index in [1.54, 1.807) is 11.3 Å². The van der Waals surface area contributed by atoms with Crippen molar-refractivity contribution in [3.05, 3.63) is 37.2 Å². The normalized spacial score (nSPS) is 7.64.